The van der Waals surface area contributed by atoms with Gasteiger partial charge >= 0.3 is 0 Å². The molecule has 6 nitrogen and oxygen atoms in total. The lowest BCUT2D eigenvalue weighted by atomic mass is 10.2. The molecule has 1 fully saturated rings. The lowest BCUT2D eigenvalue weighted by molar-refractivity contribution is -0.129. The van der Waals surface area contributed by atoms with E-state index < -0.39 is 15.4 Å². The van der Waals surface area contributed by atoms with Crippen LogP contribution < -0.4 is 9.57 Å². The van der Waals surface area contributed by atoms with Gasteiger partial charge in [-0.15, -0.1) is 16.6 Å². The van der Waals surface area contributed by atoms with Gasteiger partial charge in [0.1, 0.15) is 11.1 Å². The number of hydrazine groups is 1. The van der Waals surface area contributed by atoms with Crippen molar-refractivity contribution in [1.82, 2.24) is 9.84 Å². The highest BCUT2D eigenvalue weighted by atomic mass is 32.2. The molecule has 24 heavy (non-hydrogen) atoms. The van der Waals surface area contributed by atoms with Crippen molar-refractivity contribution in [3.05, 3.63) is 60.2 Å². The van der Waals surface area contributed by atoms with Crippen LogP contribution in [0, 0.1) is 0 Å². The van der Waals surface area contributed by atoms with E-state index in [1.54, 1.807) is 37.4 Å². The van der Waals surface area contributed by atoms with E-state index in [2.05, 4.69) is 4.83 Å². The molecule has 0 saturated carbocycles. The molecule has 0 unspecified atom stereocenters. The highest BCUT2D eigenvalue weighted by molar-refractivity contribution is 8.00. The first kappa shape index (κ1) is 16.8. The average molecular weight is 364 g/mol. The second-order valence-electron chi connectivity index (χ2n) is 5.11. The molecule has 0 aliphatic carbocycles. The number of hydrogen-bond acceptors (Lipinski definition) is 5. The first-order chi connectivity index (χ1) is 11.5. The summed E-state index contributed by atoms with van der Waals surface area (Å²) in [5.41, 5.74) is 0.822. The molecule has 1 aliphatic heterocycles. The van der Waals surface area contributed by atoms with E-state index in [0.29, 0.717) is 5.75 Å². The lowest BCUT2D eigenvalue weighted by Crippen LogP contribution is -2.44. The Hall–Kier alpha value is -2.03. The molecule has 1 saturated heterocycles. The van der Waals surface area contributed by atoms with Crippen molar-refractivity contribution in [3.63, 3.8) is 0 Å². The largest absolute Gasteiger partial charge is 0.497 e. The monoisotopic (exact) mass is 364 g/mol. The Morgan fingerprint density at radius 2 is 1.79 bits per heavy atom. The summed E-state index contributed by atoms with van der Waals surface area (Å²) in [6, 6.07) is 15.2. The summed E-state index contributed by atoms with van der Waals surface area (Å²) in [6.45, 7) is 0. The molecule has 8 heteroatoms. The highest BCUT2D eigenvalue weighted by Crippen LogP contribution is 2.38. The maximum Gasteiger partial charge on any atom is 0.257 e. The van der Waals surface area contributed by atoms with Gasteiger partial charge in [0, 0.05) is 0 Å². The number of hydrogen-bond donors (Lipinski definition) is 1. The van der Waals surface area contributed by atoms with Crippen molar-refractivity contribution in [2.75, 3.05) is 12.9 Å². The second-order valence-corrected chi connectivity index (χ2v) is 7.84. The van der Waals surface area contributed by atoms with Crippen LogP contribution in [0.5, 0.6) is 5.75 Å². The number of rotatable bonds is 5. The molecular formula is C16H16N2O4S2. The predicted octanol–water partition coefficient (Wildman–Crippen LogP) is 2.16. The van der Waals surface area contributed by atoms with Gasteiger partial charge in [0.2, 0.25) is 5.91 Å². The molecule has 2 aromatic carbocycles. The molecule has 3 rings (SSSR count). The van der Waals surface area contributed by atoms with Crippen molar-refractivity contribution in [2.24, 2.45) is 0 Å². The molecule has 0 aromatic heterocycles. The average Bonchev–Trinajstić information content (AvgIpc) is 2.96. The van der Waals surface area contributed by atoms with Gasteiger partial charge in [0.15, 0.2) is 0 Å². The van der Waals surface area contributed by atoms with Gasteiger partial charge in [-0.2, -0.15) is 0 Å². The first-order valence-electron chi connectivity index (χ1n) is 7.16. The van der Waals surface area contributed by atoms with Gasteiger partial charge in [-0.25, -0.2) is 13.4 Å². The number of thioether (sulfide) groups is 1. The van der Waals surface area contributed by atoms with E-state index in [9.17, 15) is 13.2 Å². The number of nitrogens with zero attached hydrogens (tertiary/aromatic N) is 1. The number of benzene rings is 2. The predicted molar refractivity (Wildman–Crippen MR) is 91.8 cm³/mol. The number of nitrogens with one attached hydrogen (secondary N) is 1. The van der Waals surface area contributed by atoms with Crippen LogP contribution in [0.15, 0.2) is 59.5 Å². The Labute approximate surface area is 144 Å². The molecular weight excluding hydrogens is 348 g/mol. The van der Waals surface area contributed by atoms with Gasteiger partial charge in [-0.05, 0) is 29.8 Å². The maximum absolute atomic E-state index is 12.5. The molecule has 1 atom stereocenters. The topological polar surface area (TPSA) is 75.7 Å². The zero-order valence-corrected chi connectivity index (χ0v) is 14.5. The Bertz CT molecular complexity index is 823. The van der Waals surface area contributed by atoms with E-state index in [4.69, 9.17) is 4.74 Å². The molecule has 0 radical (unpaired) electrons. The zero-order valence-electron chi connectivity index (χ0n) is 12.9. The number of sulfonamides is 1. The van der Waals surface area contributed by atoms with Gasteiger partial charge in [0.25, 0.3) is 10.0 Å². The van der Waals surface area contributed by atoms with Crippen LogP contribution in [0.2, 0.25) is 0 Å². The third-order valence-electron chi connectivity index (χ3n) is 3.54. The van der Waals surface area contributed by atoms with E-state index in [-0.39, 0.29) is 16.6 Å². The quantitative estimate of drug-likeness (QED) is 0.880. The fourth-order valence-electron chi connectivity index (χ4n) is 2.32. The smallest absolute Gasteiger partial charge is 0.257 e. The summed E-state index contributed by atoms with van der Waals surface area (Å²) in [4.78, 5) is 14.7. The van der Waals surface area contributed by atoms with Crippen LogP contribution >= 0.6 is 11.8 Å². The summed E-state index contributed by atoms with van der Waals surface area (Å²) >= 11 is 1.37. The Morgan fingerprint density at radius 1 is 1.12 bits per heavy atom. The number of amides is 1. The maximum atomic E-state index is 12.5. The molecule has 1 N–H and O–H groups in total. The number of carbonyl (C=O) groups excluding carboxylic acids is 1. The summed E-state index contributed by atoms with van der Waals surface area (Å²) < 4.78 is 30.1. The lowest BCUT2D eigenvalue weighted by Gasteiger charge is -2.24. The molecule has 1 amide bonds. The summed E-state index contributed by atoms with van der Waals surface area (Å²) in [7, 11) is -2.24. The highest BCUT2D eigenvalue weighted by Gasteiger charge is 2.36. The van der Waals surface area contributed by atoms with Gasteiger partial charge in [-0.1, -0.05) is 30.3 Å². The number of ether oxygens (including phenoxy) is 1. The van der Waals surface area contributed by atoms with Crippen LogP contribution in [0.25, 0.3) is 0 Å². The second kappa shape index (κ2) is 6.84. The summed E-state index contributed by atoms with van der Waals surface area (Å²) in [5.74, 6) is 0.637. The minimum Gasteiger partial charge on any atom is -0.497 e. The fraction of sp³-hybridized carbons (Fsp3) is 0.188. The Balaban J connectivity index is 1.85. The molecule has 126 valence electrons. The number of methoxy groups -OCH3 is 1. The molecule has 1 aliphatic rings. The normalized spacial score (nSPS) is 18.0. The van der Waals surface area contributed by atoms with Crippen LogP contribution in [0.1, 0.15) is 10.9 Å². The Kier molecular flexibility index (Phi) is 4.79. The SMILES string of the molecule is COc1ccc([C@H]2SCC(=O)N2NS(=O)(=O)c2ccccc2)cc1. The van der Waals surface area contributed by atoms with Crippen LogP contribution in [0.4, 0.5) is 0 Å². The zero-order chi connectivity index (χ0) is 17.2. The van der Waals surface area contributed by atoms with E-state index in [1.165, 1.54) is 28.9 Å². The van der Waals surface area contributed by atoms with E-state index in [1.807, 2.05) is 12.1 Å². The van der Waals surface area contributed by atoms with Crippen LogP contribution in [-0.2, 0) is 14.8 Å². The van der Waals surface area contributed by atoms with Gasteiger partial charge in [-0.3, -0.25) is 4.79 Å². The minimum atomic E-state index is -3.81. The summed E-state index contributed by atoms with van der Waals surface area (Å²) in [5, 5.41) is 0.760. The third-order valence-corrected chi connectivity index (χ3v) is 6.08. The van der Waals surface area contributed by atoms with Crippen LogP contribution in [-0.4, -0.2) is 32.2 Å². The van der Waals surface area contributed by atoms with E-state index in [0.717, 1.165) is 5.56 Å². The van der Waals surface area contributed by atoms with Crippen molar-refractivity contribution < 1.29 is 17.9 Å². The van der Waals surface area contributed by atoms with Crippen molar-refractivity contribution >= 4 is 27.7 Å². The first-order valence-corrected chi connectivity index (χ1v) is 9.69. The van der Waals surface area contributed by atoms with Crippen LogP contribution in [0.3, 0.4) is 0 Å². The van der Waals surface area contributed by atoms with Crippen molar-refractivity contribution in [1.29, 1.82) is 0 Å². The fourth-order valence-corrected chi connectivity index (χ4v) is 4.58. The molecule has 0 spiro atoms. The third kappa shape index (κ3) is 3.40. The minimum absolute atomic E-state index is 0.114. The molecule has 1 heterocycles. The van der Waals surface area contributed by atoms with E-state index >= 15 is 0 Å². The Morgan fingerprint density at radius 3 is 2.42 bits per heavy atom. The van der Waals surface area contributed by atoms with Gasteiger partial charge < -0.3 is 4.74 Å². The van der Waals surface area contributed by atoms with Gasteiger partial charge in [0.05, 0.1) is 17.8 Å². The van der Waals surface area contributed by atoms with Crippen molar-refractivity contribution in [2.45, 2.75) is 10.3 Å². The molecule has 2 aromatic rings. The standard InChI is InChI=1S/C16H16N2O4S2/c1-22-13-9-7-12(8-10-13)16-18(15(19)11-23-16)17-24(20,21)14-5-3-2-4-6-14/h2-10,16-17H,11H2,1H3/t16-/m1/s1. The number of carbonyl (C=O) groups is 1. The molecule has 0 bridgehead atoms. The van der Waals surface area contributed by atoms with Crippen molar-refractivity contribution in [3.8, 4) is 5.75 Å². The summed E-state index contributed by atoms with van der Waals surface area (Å²) in [6.07, 6.45) is 0.